The first-order valence-corrected chi connectivity index (χ1v) is 9.97. The molecule has 156 valence electrons. The molecular formula is C23H25N3O4. The Bertz CT molecular complexity index is 1050. The molecule has 2 aromatic carbocycles. The third-order valence-corrected chi connectivity index (χ3v) is 5.49. The van der Waals surface area contributed by atoms with E-state index in [1.807, 2.05) is 56.3 Å². The van der Waals surface area contributed by atoms with Crippen LogP contribution in [0.3, 0.4) is 0 Å². The maximum atomic E-state index is 11.8. The van der Waals surface area contributed by atoms with Crippen LogP contribution in [0.25, 0.3) is 11.5 Å². The van der Waals surface area contributed by atoms with E-state index in [0.29, 0.717) is 36.7 Å². The second-order valence-electron chi connectivity index (χ2n) is 7.59. The minimum atomic E-state index is -0.964. The Balaban J connectivity index is 1.46. The predicted octanol–water partition coefficient (Wildman–Crippen LogP) is 3.52. The van der Waals surface area contributed by atoms with Crippen LogP contribution in [-0.2, 0) is 17.6 Å². The Labute approximate surface area is 175 Å². The van der Waals surface area contributed by atoms with Gasteiger partial charge in [0.15, 0.2) is 0 Å². The molecule has 0 saturated heterocycles. The summed E-state index contributed by atoms with van der Waals surface area (Å²) in [6, 6.07) is 14.4. The lowest BCUT2D eigenvalue weighted by molar-refractivity contribution is -0.145. The quantitative estimate of drug-likeness (QED) is 0.603. The SMILES string of the molecule is Cc1oc(-c2ccccc2)nc1CCOc1ccc2c(c1)C(C(=O)O)N(N)[C@@H](C)C2. The molecular weight excluding hydrogens is 382 g/mol. The Hall–Kier alpha value is -3.16. The first kappa shape index (κ1) is 20.1. The number of carbonyl (C=O) groups is 1. The van der Waals surface area contributed by atoms with E-state index in [9.17, 15) is 9.90 Å². The van der Waals surface area contributed by atoms with Crippen LogP contribution in [0.4, 0.5) is 0 Å². The minimum absolute atomic E-state index is 0.0423. The normalized spacial score (nSPS) is 18.8. The molecule has 7 nitrogen and oxygen atoms in total. The van der Waals surface area contributed by atoms with Crippen LogP contribution in [0, 0.1) is 6.92 Å². The van der Waals surface area contributed by atoms with Crippen LogP contribution in [0.1, 0.15) is 35.5 Å². The number of rotatable bonds is 6. The molecule has 1 aliphatic rings. The largest absolute Gasteiger partial charge is 0.493 e. The average molecular weight is 407 g/mol. The van der Waals surface area contributed by atoms with Crippen molar-refractivity contribution in [3.63, 3.8) is 0 Å². The highest BCUT2D eigenvalue weighted by Gasteiger charge is 2.35. The van der Waals surface area contributed by atoms with Gasteiger partial charge in [0.1, 0.15) is 17.6 Å². The molecule has 0 amide bonds. The summed E-state index contributed by atoms with van der Waals surface area (Å²) >= 11 is 0. The number of aromatic nitrogens is 1. The number of nitrogens with zero attached hydrogens (tertiary/aromatic N) is 2. The molecule has 3 N–H and O–H groups in total. The maximum Gasteiger partial charge on any atom is 0.326 e. The van der Waals surface area contributed by atoms with Gasteiger partial charge in [-0.25, -0.2) is 9.99 Å². The van der Waals surface area contributed by atoms with Crippen molar-refractivity contribution in [3.8, 4) is 17.2 Å². The number of ether oxygens (including phenoxy) is 1. The minimum Gasteiger partial charge on any atom is -0.493 e. The van der Waals surface area contributed by atoms with E-state index in [2.05, 4.69) is 4.98 Å². The zero-order chi connectivity index (χ0) is 21.3. The molecule has 30 heavy (non-hydrogen) atoms. The Morgan fingerprint density at radius 3 is 2.80 bits per heavy atom. The van der Waals surface area contributed by atoms with E-state index in [0.717, 1.165) is 22.6 Å². The fourth-order valence-electron chi connectivity index (χ4n) is 3.83. The average Bonchev–Trinajstić information content (AvgIpc) is 3.10. The number of hydrazine groups is 1. The van der Waals surface area contributed by atoms with Gasteiger partial charge >= 0.3 is 5.97 Å². The zero-order valence-corrected chi connectivity index (χ0v) is 17.0. The molecule has 2 heterocycles. The summed E-state index contributed by atoms with van der Waals surface area (Å²) in [4.78, 5) is 16.3. The summed E-state index contributed by atoms with van der Waals surface area (Å²) in [7, 11) is 0. The van der Waals surface area contributed by atoms with Gasteiger partial charge in [0.05, 0.1) is 12.3 Å². The lowest BCUT2D eigenvalue weighted by atomic mass is 9.90. The molecule has 4 rings (SSSR count). The molecule has 3 aromatic rings. The molecule has 7 heteroatoms. The summed E-state index contributed by atoms with van der Waals surface area (Å²) in [6.07, 6.45) is 1.29. The van der Waals surface area contributed by atoms with Gasteiger partial charge in [0.2, 0.25) is 5.89 Å². The van der Waals surface area contributed by atoms with Crippen molar-refractivity contribution in [1.82, 2.24) is 9.99 Å². The third-order valence-electron chi connectivity index (χ3n) is 5.49. The van der Waals surface area contributed by atoms with Gasteiger partial charge in [-0.1, -0.05) is 24.3 Å². The molecule has 2 atom stereocenters. The third kappa shape index (κ3) is 3.94. The van der Waals surface area contributed by atoms with Gasteiger partial charge in [-0.2, -0.15) is 0 Å². The number of nitrogens with two attached hydrogens (primary N) is 1. The number of oxazole rings is 1. The van der Waals surface area contributed by atoms with Gasteiger partial charge in [-0.15, -0.1) is 0 Å². The topological polar surface area (TPSA) is 102 Å². The summed E-state index contributed by atoms with van der Waals surface area (Å²) in [5.41, 5.74) is 3.45. The number of aliphatic carboxylic acids is 1. The van der Waals surface area contributed by atoms with Crippen molar-refractivity contribution in [2.45, 2.75) is 38.8 Å². The van der Waals surface area contributed by atoms with Gasteiger partial charge in [-0.3, -0.25) is 10.6 Å². The molecule has 0 bridgehead atoms. The molecule has 0 aliphatic carbocycles. The molecule has 1 unspecified atom stereocenters. The number of fused-ring (bicyclic) bond motifs is 1. The smallest absolute Gasteiger partial charge is 0.326 e. The van der Waals surface area contributed by atoms with Crippen LogP contribution in [0.2, 0.25) is 0 Å². The van der Waals surface area contributed by atoms with E-state index in [-0.39, 0.29) is 6.04 Å². The van der Waals surface area contributed by atoms with Crippen molar-refractivity contribution in [3.05, 3.63) is 71.1 Å². The molecule has 1 aliphatic heterocycles. The summed E-state index contributed by atoms with van der Waals surface area (Å²) < 4.78 is 11.7. The highest BCUT2D eigenvalue weighted by atomic mass is 16.5. The number of hydrogen-bond acceptors (Lipinski definition) is 6. The second kappa shape index (κ2) is 8.30. The van der Waals surface area contributed by atoms with Crippen LogP contribution >= 0.6 is 0 Å². The summed E-state index contributed by atoms with van der Waals surface area (Å²) in [5.74, 6) is 7.04. The summed E-state index contributed by atoms with van der Waals surface area (Å²) in [6.45, 7) is 4.22. The van der Waals surface area contributed by atoms with Gasteiger partial charge in [0.25, 0.3) is 0 Å². The first-order valence-electron chi connectivity index (χ1n) is 9.97. The van der Waals surface area contributed by atoms with Crippen molar-refractivity contribution in [1.29, 1.82) is 0 Å². The number of carboxylic acids is 1. The number of hydrogen-bond donors (Lipinski definition) is 2. The Morgan fingerprint density at radius 1 is 1.30 bits per heavy atom. The van der Waals surface area contributed by atoms with E-state index in [1.165, 1.54) is 5.01 Å². The van der Waals surface area contributed by atoms with E-state index < -0.39 is 12.0 Å². The van der Waals surface area contributed by atoms with Crippen molar-refractivity contribution < 1.29 is 19.1 Å². The maximum absolute atomic E-state index is 11.8. The van der Waals surface area contributed by atoms with Crippen molar-refractivity contribution >= 4 is 5.97 Å². The number of carboxylic acid groups (broad SMARTS) is 1. The summed E-state index contributed by atoms with van der Waals surface area (Å²) in [5, 5.41) is 11.0. The first-order chi connectivity index (χ1) is 14.4. The van der Waals surface area contributed by atoms with E-state index in [1.54, 1.807) is 6.07 Å². The molecule has 0 fully saturated rings. The second-order valence-corrected chi connectivity index (χ2v) is 7.59. The lowest BCUT2D eigenvalue weighted by Crippen LogP contribution is -2.49. The van der Waals surface area contributed by atoms with Gasteiger partial charge in [0, 0.05) is 18.0 Å². The standard InChI is InChI=1S/C23H25N3O4/c1-14-12-17-8-9-18(13-19(17)21(23(27)28)26(14)24)29-11-10-20-15(2)30-22(25-20)16-6-4-3-5-7-16/h3-9,13-14,21H,10-12,24H2,1-2H3,(H,27,28)/t14-,21?/m0/s1. The predicted molar refractivity (Wildman–Crippen MR) is 112 cm³/mol. The monoisotopic (exact) mass is 407 g/mol. The number of aryl methyl sites for hydroxylation is 1. The molecule has 1 aromatic heterocycles. The van der Waals surface area contributed by atoms with Crippen LogP contribution in [-0.4, -0.2) is 33.7 Å². The van der Waals surface area contributed by atoms with Crippen LogP contribution < -0.4 is 10.6 Å². The van der Waals surface area contributed by atoms with Crippen LogP contribution in [0.15, 0.2) is 52.9 Å². The Morgan fingerprint density at radius 2 is 2.07 bits per heavy atom. The fraction of sp³-hybridized carbons (Fsp3) is 0.304. The van der Waals surface area contributed by atoms with Gasteiger partial charge < -0.3 is 14.3 Å². The van der Waals surface area contributed by atoms with Crippen molar-refractivity contribution in [2.24, 2.45) is 5.84 Å². The van der Waals surface area contributed by atoms with E-state index >= 15 is 0 Å². The van der Waals surface area contributed by atoms with Gasteiger partial charge in [-0.05, 0) is 55.7 Å². The molecule has 0 spiro atoms. The zero-order valence-electron chi connectivity index (χ0n) is 17.0. The Kier molecular flexibility index (Phi) is 5.57. The fourth-order valence-corrected chi connectivity index (χ4v) is 3.83. The molecule has 0 radical (unpaired) electrons. The van der Waals surface area contributed by atoms with E-state index in [4.69, 9.17) is 15.0 Å². The van der Waals surface area contributed by atoms with Crippen LogP contribution in [0.5, 0.6) is 5.75 Å². The van der Waals surface area contributed by atoms with Crippen molar-refractivity contribution in [2.75, 3.05) is 6.61 Å². The highest BCUT2D eigenvalue weighted by Crippen LogP contribution is 2.33. The highest BCUT2D eigenvalue weighted by molar-refractivity contribution is 5.77. The molecule has 0 saturated carbocycles. The number of benzene rings is 2. The lowest BCUT2D eigenvalue weighted by Gasteiger charge is -2.36.